The molecule has 2 aromatic rings. The average molecular weight is 440 g/mol. The molecular formula is C23H29N5O4. The molecule has 3 aliphatic rings. The molecule has 0 spiro atoms. The minimum absolute atomic E-state index is 0.0237. The second-order valence-electron chi connectivity index (χ2n) is 9.39. The minimum atomic E-state index is -0.903. The first kappa shape index (κ1) is 20.9. The Morgan fingerprint density at radius 3 is 2.72 bits per heavy atom. The highest BCUT2D eigenvalue weighted by Gasteiger charge is 2.50. The van der Waals surface area contributed by atoms with Crippen molar-refractivity contribution in [1.29, 1.82) is 0 Å². The Kier molecular flexibility index (Phi) is 5.16. The molecule has 5 rings (SSSR count). The number of imide groups is 1. The Morgan fingerprint density at radius 2 is 2.00 bits per heavy atom. The number of amides is 4. The van der Waals surface area contributed by atoms with Crippen LogP contribution in [0.2, 0.25) is 0 Å². The molecule has 3 saturated heterocycles. The molecule has 3 fully saturated rings. The zero-order chi connectivity index (χ0) is 22.5. The van der Waals surface area contributed by atoms with Crippen molar-refractivity contribution in [1.82, 2.24) is 24.7 Å². The molecule has 2 bridgehead atoms. The lowest BCUT2D eigenvalue weighted by molar-refractivity contribution is -0.144. The number of fused-ring (bicyclic) bond motifs is 3. The van der Waals surface area contributed by atoms with Crippen LogP contribution < -0.4 is 5.32 Å². The molecule has 2 N–H and O–H groups in total. The van der Waals surface area contributed by atoms with E-state index in [9.17, 15) is 19.5 Å². The van der Waals surface area contributed by atoms with Crippen LogP contribution in [-0.4, -0.2) is 72.6 Å². The maximum atomic E-state index is 13.1. The van der Waals surface area contributed by atoms with E-state index in [-0.39, 0.29) is 30.3 Å². The number of pyridine rings is 1. The van der Waals surface area contributed by atoms with Gasteiger partial charge in [-0.2, -0.15) is 0 Å². The van der Waals surface area contributed by atoms with Crippen LogP contribution in [0.3, 0.4) is 0 Å². The molecule has 3 atom stereocenters. The number of hydrogen-bond donors (Lipinski definition) is 2. The van der Waals surface area contributed by atoms with Gasteiger partial charge in [0.15, 0.2) is 0 Å². The highest BCUT2D eigenvalue weighted by Crippen LogP contribution is 2.42. The number of aliphatic hydroxyl groups is 1. The molecule has 3 unspecified atom stereocenters. The topological polar surface area (TPSA) is 108 Å². The number of nitrogens with zero attached hydrogens (tertiary/aromatic N) is 4. The van der Waals surface area contributed by atoms with Crippen LogP contribution in [0.5, 0.6) is 0 Å². The number of urea groups is 1. The van der Waals surface area contributed by atoms with Crippen molar-refractivity contribution in [3.05, 3.63) is 30.7 Å². The number of aromatic nitrogens is 2. The largest absolute Gasteiger partial charge is 0.388 e. The third kappa shape index (κ3) is 3.54. The Hall–Kier alpha value is -2.94. The van der Waals surface area contributed by atoms with Crippen LogP contribution in [0.4, 0.5) is 4.79 Å². The summed E-state index contributed by atoms with van der Waals surface area (Å²) < 4.78 is 2.04. The molecule has 2 aromatic heterocycles. The van der Waals surface area contributed by atoms with Gasteiger partial charge in [-0.3, -0.25) is 19.5 Å². The summed E-state index contributed by atoms with van der Waals surface area (Å²) in [5.41, 5.74) is 0.0820. The van der Waals surface area contributed by atoms with Gasteiger partial charge in [0.25, 0.3) is 5.91 Å². The maximum Gasteiger partial charge on any atom is 0.324 e. The van der Waals surface area contributed by atoms with Gasteiger partial charge < -0.3 is 19.9 Å². The zero-order valence-corrected chi connectivity index (χ0v) is 18.2. The highest BCUT2D eigenvalue weighted by molar-refractivity contribution is 6.05. The quantitative estimate of drug-likeness (QED) is 0.666. The normalized spacial score (nSPS) is 29.8. The summed E-state index contributed by atoms with van der Waals surface area (Å²) in [6.07, 6.45) is 8.89. The van der Waals surface area contributed by atoms with E-state index in [0.29, 0.717) is 32.4 Å². The molecule has 3 aliphatic heterocycles. The molecule has 32 heavy (non-hydrogen) atoms. The Morgan fingerprint density at radius 1 is 1.25 bits per heavy atom. The Bertz CT molecular complexity index is 1050. The van der Waals surface area contributed by atoms with Gasteiger partial charge >= 0.3 is 6.03 Å². The van der Waals surface area contributed by atoms with Crippen LogP contribution in [0.15, 0.2) is 30.7 Å². The molecule has 9 nitrogen and oxygen atoms in total. The van der Waals surface area contributed by atoms with E-state index in [1.165, 1.54) is 4.90 Å². The number of carbonyl (C=O) groups is 3. The molecular weight excluding hydrogens is 410 g/mol. The van der Waals surface area contributed by atoms with Crippen molar-refractivity contribution in [3.63, 3.8) is 0 Å². The first-order valence-electron chi connectivity index (χ1n) is 11.4. The number of hydrogen-bond acceptors (Lipinski definition) is 5. The average Bonchev–Trinajstić information content (AvgIpc) is 3.37. The maximum absolute atomic E-state index is 13.1. The predicted octanol–water partition coefficient (Wildman–Crippen LogP) is 1.64. The second-order valence-corrected chi connectivity index (χ2v) is 9.39. The van der Waals surface area contributed by atoms with Crippen LogP contribution in [0.1, 0.15) is 45.4 Å². The molecule has 0 saturated carbocycles. The Labute approximate surface area is 186 Å². The van der Waals surface area contributed by atoms with E-state index in [0.717, 1.165) is 23.7 Å². The second kappa shape index (κ2) is 7.88. The molecule has 0 aliphatic carbocycles. The number of piperidine rings is 1. The fourth-order valence-electron chi connectivity index (χ4n) is 5.77. The van der Waals surface area contributed by atoms with E-state index < -0.39 is 17.7 Å². The minimum Gasteiger partial charge on any atom is -0.388 e. The van der Waals surface area contributed by atoms with E-state index >= 15 is 0 Å². The lowest BCUT2D eigenvalue weighted by atomic mass is 9.85. The van der Waals surface area contributed by atoms with E-state index in [2.05, 4.69) is 10.3 Å². The van der Waals surface area contributed by atoms with Gasteiger partial charge in [-0.15, -0.1) is 0 Å². The molecule has 5 heterocycles. The van der Waals surface area contributed by atoms with Gasteiger partial charge in [-0.1, -0.05) is 6.92 Å². The van der Waals surface area contributed by atoms with Crippen molar-refractivity contribution in [3.8, 4) is 0 Å². The van der Waals surface area contributed by atoms with Gasteiger partial charge in [0.05, 0.1) is 30.3 Å². The fraction of sp³-hybridized carbons (Fsp3) is 0.565. The van der Waals surface area contributed by atoms with Crippen molar-refractivity contribution < 1.29 is 19.5 Å². The van der Waals surface area contributed by atoms with Gasteiger partial charge in [-0.25, -0.2) is 4.79 Å². The monoisotopic (exact) mass is 439 g/mol. The fourth-order valence-corrected chi connectivity index (χ4v) is 5.77. The smallest absolute Gasteiger partial charge is 0.324 e. The van der Waals surface area contributed by atoms with Crippen LogP contribution in [0, 0.1) is 0 Å². The standard InChI is InChI=1S/C23H29N5O4/c1-2-8-27-21(30)18(25-22(27)31)10-20(29)28-16-3-4-17(28)12-23(32,11-16)14-26-9-6-15-5-7-24-13-19(15)26/h5-7,9,13,16-18,32H,2-4,8,10-12,14H2,1H3,(H,25,31). The molecule has 170 valence electrons. The number of carbonyl (C=O) groups excluding carboxylic acids is 3. The van der Waals surface area contributed by atoms with Crippen LogP contribution in [0.25, 0.3) is 10.9 Å². The van der Waals surface area contributed by atoms with E-state index in [1.807, 2.05) is 34.7 Å². The van der Waals surface area contributed by atoms with Crippen LogP contribution in [-0.2, 0) is 16.1 Å². The SMILES string of the molecule is CCCN1C(=O)NC(CC(=O)N2C3CCC2CC(O)(Cn2ccc4ccncc42)C3)C1=O. The summed E-state index contributed by atoms with van der Waals surface area (Å²) in [4.78, 5) is 45.0. The van der Waals surface area contributed by atoms with Crippen LogP contribution >= 0.6 is 0 Å². The van der Waals surface area contributed by atoms with Gasteiger partial charge in [0.2, 0.25) is 5.91 Å². The highest BCUT2D eigenvalue weighted by atomic mass is 16.3. The van der Waals surface area contributed by atoms with Gasteiger partial charge in [0.1, 0.15) is 6.04 Å². The van der Waals surface area contributed by atoms with E-state index in [1.54, 1.807) is 12.4 Å². The molecule has 9 heteroatoms. The summed E-state index contributed by atoms with van der Waals surface area (Å²) in [6.45, 7) is 2.72. The predicted molar refractivity (Wildman–Crippen MR) is 117 cm³/mol. The van der Waals surface area contributed by atoms with Crippen molar-refractivity contribution in [2.75, 3.05) is 6.54 Å². The first-order chi connectivity index (χ1) is 15.4. The van der Waals surface area contributed by atoms with Gasteiger partial charge in [0, 0.05) is 36.4 Å². The van der Waals surface area contributed by atoms with E-state index in [4.69, 9.17) is 0 Å². The van der Waals surface area contributed by atoms with Crippen molar-refractivity contribution in [2.45, 2.75) is 75.7 Å². The molecule has 0 aromatic carbocycles. The summed E-state index contributed by atoms with van der Waals surface area (Å²) in [5, 5.41) is 15.2. The molecule has 0 radical (unpaired) electrons. The Balaban J connectivity index is 1.26. The third-order valence-electron chi connectivity index (χ3n) is 7.11. The summed E-state index contributed by atoms with van der Waals surface area (Å²) >= 11 is 0. The summed E-state index contributed by atoms with van der Waals surface area (Å²) in [7, 11) is 0. The summed E-state index contributed by atoms with van der Waals surface area (Å²) in [6, 6.07) is 2.66. The lowest BCUT2D eigenvalue weighted by Crippen LogP contribution is -2.55. The van der Waals surface area contributed by atoms with Gasteiger partial charge in [-0.05, 0) is 44.2 Å². The molecule has 4 amide bonds. The number of nitrogens with one attached hydrogen (secondary N) is 1. The lowest BCUT2D eigenvalue weighted by Gasteiger charge is -2.44. The first-order valence-corrected chi connectivity index (χ1v) is 11.4. The van der Waals surface area contributed by atoms with Crippen molar-refractivity contribution in [2.24, 2.45) is 0 Å². The van der Waals surface area contributed by atoms with Crippen molar-refractivity contribution >= 4 is 28.7 Å². The summed E-state index contributed by atoms with van der Waals surface area (Å²) in [5.74, 6) is -0.439. The number of rotatable bonds is 6. The zero-order valence-electron chi connectivity index (χ0n) is 18.2. The third-order valence-corrected chi connectivity index (χ3v) is 7.11.